The zero-order valence-corrected chi connectivity index (χ0v) is 21.9. The van der Waals surface area contributed by atoms with Crippen LogP contribution in [0.4, 0.5) is 9.80 Å². The lowest BCUT2D eigenvalue weighted by Crippen LogP contribution is -2.55. The van der Waals surface area contributed by atoms with E-state index in [-0.39, 0.29) is 22.9 Å². The lowest BCUT2D eigenvalue weighted by molar-refractivity contribution is 0.0159. The van der Waals surface area contributed by atoms with Gasteiger partial charge in [0, 0.05) is 31.9 Å². The van der Waals surface area contributed by atoms with Gasteiger partial charge >= 0.3 is 16.2 Å². The third-order valence-electron chi connectivity index (χ3n) is 5.40. The summed E-state index contributed by atoms with van der Waals surface area (Å²) in [5, 5.41) is 0.781. The highest BCUT2D eigenvalue weighted by molar-refractivity contribution is 7.87. The number of aromatic nitrogens is 2. The van der Waals surface area contributed by atoms with E-state index in [0.717, 1.165) is 16.6 Å². The Bertz CT molecular complexity index is 1410. The molecule has 1 atom stereocenters. The van der Waals surface area contributed by atoms with Gasteiger partial charge in [0.15, 0.2) is 0 Å². The van der Waals surface area contributed by atoms with Crippen LogP contribution in [0.2, 0.25) is 0 Å². The van der Waals surface area contributed by atoms with Crippen LogP contribution < -0.4 is 14.6 Å². The van der Waals surface area contributed by atoms with E-state index < -0.39 is 21.3 Å². The van der Waals surface area contributed by atoms with Crippen LogP contribution in [0.1, 0.15) is 33.3 Å². The van der Waals surface area contributed by atoms with Crippen LogP contribution in [0.5, 0.6) is 5.88 Å². The number of hydrogen-bond acceptors (Lipinski definition) is 9. The standard InChI is InChI=1S/C23H28N4O6S2/c1-15-6-8-17(9-7-15)35(30,31)33-18-12-19(28)27-14-20(34-21(27)24-18)25-10-11-26(16(2)13-25)22(29)32-23(3,4)5/h6-9,12,14,16H,10-11,13H2,1-5H3/t16-/m1/s1. The summed E-state index contributed by atoms with van der Waals surface area (Å²) < 4.78 is 37.2. The zero-order chi connectivity index (χ0) is 25.5. The molecule has 4 rings (SSSR count). The zero-order valence-electron chi connectivity index (χ0n) is 20.2. The van der Waals surface area contributed by atoms with Crippen molar-refractivity contribution in [2.45, 2.75) is 51.2 Å². The molecule has 3 heterocycles. The quantitative estimate of drug-likeness (QED) is 0.482. The van der Waals surface area contributed by atoms with E-state index in [0.29, 0.717) is 24.6 Å². The fourth-order valence-corrected chi connectivity index (χ4v) is 5.57. The highest BCUT2D eigenvalue weighted by Gasteiger charge is 2.31. The molecule has 188 valence electrons. The molecule has 12 heteroatoms. The van der Waals surface area contributed by atoms with Gasteiger partial charge in [0.25, 0.3) is 5.56 Å². The molecule has 1 fully saturated rings. The van der Waals surface area contributed by atoms with Crippen LogP contribution in [-0.2, 0) is 14.9 Å². The minimum absolute atomic E-state index is 0.0196. The van der Waals surface area contributed by atoms with Crippen molar-refractivity contribution >= 4 is 37.5 Å². The Morgan fingerprint density at radius 2 is 1.86 bits per heavy atom. The van der Waals surface area contributed by atoms with Crippen LogP contribution in [0.3, 0.4) is 0 Å². The Hall–Kier alpha value is -3.12. The van der Waals surface area contributed by atoms with Gasteiger partial charge in [0.1, 0.15) is 15.5 Å². The monoisotopic (exact) mass is 520 g/mol. The van der Waals surface area contributed by atoms with Crippen molar-refractivity contribution in [3.8, 4) is 5.88 Å². The number of piperazine rings is 1. The number of benzene rings is 1. The Labute approximate surface area is 207 Å². The van der Waals surface area contributed by atoms with Gasteiger partial charge < -0.3 is 18.7 Å². The van der Waals surface area contributed by atoms with Crippen molar-refractivity contribution in [3.05, 3.63) is 52.4 Å². The topological polar surface area (TPSA) is 111 Å². The molecular formula is C23H28N4O6S2. The minimum atomic E-state index is -4.13. The highest BCUT2D eigenvalue weighted by Crippen LogP contribution is 2.29. The van der Waals surface area contributed by atoms with Crippen LogP contribution in [-0.4, -0.2) is 60.1 Å². The van der Waals surface area contributed by atoms with E-state index in [2.05, 4.69) is 9.88 Å². The second-order valence-electron chi connectivity index (χ2n) is 9.47. The molecule has 0 aliphatic carbocycles. The summed E-state index contributed by atoms with van der Waals surface area (Å²) in [4.78, 5) is 33.5. The summed E-state index contributed by atoms with van der Waals surface area (Å²) in [5.41, 5.74) is -0.111. The fourth-order valence-electron chi connectivity index (χ4n) is 3.67. The summed E-state index contributed by atoms with van der Waals surface area (Å²) >= 11 is 1.25. The molecule has 10 nitrogen and oxygen atoms in total. The average Bonchev–Trinajstić information content (AvgIpc) is 3.17. The van der Waals surface area contributed by atoms with Crippen molar-refractivity contribution in [1.29, 1.82) is 0 Å². The van der Waals surface area contributed by atoms with Gasteiger partial charge in [-0.2, -0.15) is 13.4 Å². The molecule has 0 saturated carbocycles. The first-order chi connectivity index (χ1) is 16.3. The summed E-state index contributed by atoms with van der Waals surface area (Å²) in [6, 6.07) is 7.16. The highest BCUT2D eigenvalue weighted by atomic mass is 32.2. The van der Waals surface area contributed by atoms with Crippen LogP contribution in [0.25, 0.3) is 4.96 Å². The van der Waals surface area contributed by atoms with E-state index in [1.807, 2.05) is 34.6 Å². The number of nitrogens with zero attached hydrogens (tertiary/aromatic N) is 4. The fraction of sp³-hybridized carbons (Fsp3) is 0.435. The maximum Gasteiger partial charge on any atom is 0.410 e. The number of thiazole rings is 1. The van der Waals surface area contributed by atoms with Crippen LogP contribution in [0, 0.1) is 6.92 Å². The van der Waals surface area contributed by atoms with Crippen LogP contribution >= 0.6 is 11.3 Å². The lowest BCUT2D eigenvalue weighted by atomic mass is 10.2. The first-order valence-corrected chi connectivity index (χ1v) is 13.3. The largest absolute Gasteiger partial charge is 0.444 e. The first kappa shape index (κ1) is 25.0. The van der Waals surface area contributed by atoms with E-state index in [1.165, 1.54) is 27.9 Å². The van der Waals surface area contributed by atoms with Gasteiger partial charge in [-0.05, 0) is 46.8 Å². The number of carbonyl (C=O) groups is 1. The number of fused-ring (bicyclic) bond motifs is 1. The molecule has 1 amide bonds. The minimum Gasteiger partial charge on any atom is -0.444 e. The number of carbonyl (C=O) groups excluding carboxylic acids is 1. The molecule has 3 aromatic rings. The molecule has 1 aliphatic rings. The smallest absolute Gasteiger partial charge is 0.410 e. The maximum atomic E-state index is 12.7. The van der Waals surface area contributed by atoms with E-state index in [9.17, 15) is 18.0 Å². The SMILES string of the molecule is Cc1ccc(S(=O)(=O)Oc2cc(=O)n3cc(N4CCN(C(=O)OC(C)(C)C)[C@H](C)C4)sc3n2)cc1. The number of amides is 1. The van der Waals surface area contributed by atoms with E-state index >= 15 is 0 Å². The lowest BCUT2D eigenvalue weighted by Gasteiger charge is -2.40. The molecule has 1 aliphatic heterocycles. The second kappa shape index (κ2) is 9.15. The Kier molecular flexibility index (Phi) is 6.54. The number of anilines is 1. The van der Waals surface area contributed by atoms with Crippen molar-refractivity contribution in [2.75, 3.05) is 24.5 Å². The molecule has 1 aromatic carbocycles. The maximum absolute atomic E-state index is 12.7. The van der Waals surface area contributed by atoms with Gasteiger partial charge in [-0.25, -0.2) is 4.79 Å². The van der Waals surface area contributed by atoms with Crippen molar-refractivity contribution in [1.82, 2.24) is 14.3 Å². The van der Waals surface area contributed by atoms with E-state index in [4.69, 9.17) is 8.92 Å². The number of aryl methyl sites for hydroxylation is 1. The average molecular weight is 521 g/mol. The predicted molar refractivity (Wildman–Crippen MR) is 133 cm³/mol. The Morgan fingerprint density at radius 1 is 1.17 bits per heavy atom. The number of ether oxygens (including phenoxy) is 1. The Balaban J connectivity index is 1.53. The van der Waals surface area contributed by atoms with Gasteiger partial charge in [-0.1, -0.05) is 29.0 Å². The molecule has 0 unspecified atom stereocenters. The van der Waals surface area contributed by atoms with Crippen molar-refractivity contribution in [3.63, 3.8) is 0 Å². The van der Waals surface area contributed by atoms with Crippen molar-refractivity contribution in [2.24, 2.45) is 0 Å². The molecule has 1 saturated heterocycles. The summed E-state index contributed by atoms with van der Waals surface area (Å²) in [6.45, 7) is 10.8. The van der Waals surface area contributed by atoms with Gasteiger partial charge in [0.2, 0.25) is 10.8 Å². The first-order valence-electron chi connectivity index (χ1n) is 11.1. The molecule has 0 spiro atoms. The normalized spacial score (nSPS) is 17.0. The van der Waals surface area contributed by atoms with Crippen LogP contribution in [0.15, 0.2) is 46.2 Å². The third-order valence-corrected chi connectivity index (χ3v) is 7.69. The third kappa shape index (κ3) is 5.59. The molecule has 2 aromatic heterocycles. The molecule has 0 radical (unpaired) electrons. The van der Waals surface area contributed by atoms with E-state index in [1.54, 1.807) is 23.2 Å². The second-order valence-corrected chi connectivity index (χ2v) is 12.0. The molecule has 35 heavy (non-hydrogen) atoms. The number of hydrogen-bond donors (Lipinski definition) is 0. The molecular weight excluding hydrogens is 492 g/mol. The van der Waals surface area contributed by atoms with Gasteiger partial charge in [0.05, 0.1) is 6.07 Å². The summed E-state index contributed by atoms with van der Waals surface area (Å²) in [6.07, 6.45) is 1.32. The summed E-state index contributed by atoms with van der Waals surface area (Å²) in [7, 11) is -4.13. The predicted octanol–water partition coefficient (Wildman–Crippen LogP) is 3.28. The molecule has 0 N–H and O–H groups in total. The van der Waals surface area contributed by atoms with Gasteiger partial charge in [-0.3, -0.25) is 9.20 Å². The summed E-state index contributed by atoms with van der Waals surface area (Å²) in [5.74, 6) is -0.285. The Morgan fingerprint density at radius 3 is 2.49 bits per heavy atom. The molecule has 0 bridgehead atoms. The number of rotatable bonds is 4. The van der Waals surface area contributed by atoms with Crippen molar-refractivity contribution < 1.29 is 22.1 Å². The van der Waals surface area contributed by atoms with Gasteiger partial charge in [-0.15, -0.1) is 0 Å².